The summed E-state index contributed by atoms with van der Waals surface area (Å²) in [5, 5.41) is 0. The molecule has 3 heteroatoms. The van der Waals surface area contributed by atoms with Gasteiger partial charge >= 0.3 is 0 Å². The van der Waals surface area contributed by atoms with Gasteiger partial charge in [0.25, 0.3) is 0 Å². The van der Waals surface area contributed by atoms with E-state index in [-0.39, 0.29) is 5.82 Å². The van der Waals surface area contributed by atoms with Crippen LogP contribution in [-0.4, -0.2) is 23.0 Å². The lowest BCUT2D eigenvalue weighted by molar-refractivity contribution is 0.170. The van der Waals surface area contributed by atoms with Crippen molar-refractivity contribution in [3.8, 4) is 0 Å². The summed E-state index contributed by atoms with van der Waals surface area (Å²) in [7, 11) is 0. The Morgan fingerprint density at radius 2 is 2.33 bits per heavy atom. The van der Waals surface area contributed by atoms with Crippen LogP contribution in [0.2, 0.25) is 0 Å². The van der Waals surface area contributed by atoms with E-state index in [0.29, 0.717) is 0 Å². The predicted octanol–water partition coefficient (Wildman–Crippen LogP) is 1.43. The largest absolute Gasteiger partial charge is 0.299 e. The molecule has 2 rings (SSSR count). The van der Waals surface area contributed by atoms with E-state index in [9.17, 15) is 4.39 Å². The Morgan fingerprint density at radius 1 is 1.50 bits per heavy atom. The quantitative estimate of drug-likeness (QED) is 0.660. The molecule has 0 N–H and O–H groups in total. The van der Waals surface area contributed by atoms with Gasteiger partial charge in [0, 0.05) is 18.3 Å². The lowest BCUT2D eigenvalue weighted by Crippen LogP contribution is -2.36. The molecule has 2 nitrogen and oxygen atoms in total. The molecule has 1 fully saturated rings. The summed E-state index contributed by atoms with van der Waals surface area (Å²) in [6, 6.07) is 1.74. The van der Waals surface area contributed by atoms with Crippen LogP contribution in [0.5, 0.6) is 0 Å². The number of nitrogens with zero attached hydrogens (tertiary/aromatic N) is 2. The molecule has 1 aromatic heterocycles. The van der Waals surface area contributed by atoms with Crippen molar-refractivity contribution in [3.05, 3.63) is 29.8 Å². The van der Waals surface area contributed by atoms with Crippen LogP contribution in [0.4, 0.5) is 4.39 Å². The molecule has 0 spiro atoms. The molecule has 0 amide bonds. The number of pyridine rings is 1. The Bertz CT molecular complexity index is 271. The van der Waals surface area contributed by atoms with Crippen molar-refractivity contribution in [1.29, 1.82) is 0 Å². The molecule has 1 saturated heterocycles. The highest BCUT2D eigenvalue weighted by molar-refractivity contribution is 5.12. The van der Waals surface area contributed by atoms with Crippen molar-refractivity contribution in [1.82, 2.24) is 9.88 Å². The van der Waals surface area contributed by atoms with Crippen LogP contribution in [0, 0.1) is 5.82 Å². The maximum atomic E-state index is 13.0. The minimum Gasteiger partial charge on any atom is -0.299 e. The van der Waals surface area contributed by atoms with Crippen molar-refractivity contribution in [2.24, 2.45) is 0 Å². The molecule has 0 aromatic carbocycles. The van der Waals surface area contributed by atoms with Gasteiger partial charge in [-0.25, -0.2) is 4.39 Å². The Morgan fingerprint density at radius 3 is 2.92 bits per heavy atom. The molecule has 1 aromatic rings. The Labute approximate surface area is 71.0 Å². The minimum absolute atomic E-state index is 0.190. The van der Waals surface area contributed by atoms with E-state index in [0.717, 1.165) is 25.2 Å². The molecule has 0 bridgehead atoms. The smallest absolute Gasteiger partial charge is 0.145 e. The van der Waals surface area contributed by atoms with Crippen molar-refractivity contribution in [3.63, 3.8) is 0 Å². The molecule has 64 valence electrons. The number of hydrogen-bond donors (Lipinski definition) is 0. The second kappa shape index (κ2) is 3.19. The van der Waals surface area contributed by atoms with Gasteiger partial charge in [0.05, 0.1) is 6.20 Å². The average Bonchev–Trinajstić information content (AvgIpc) is 2.00. The molecule has 1 aliphatic rings. The normalized spacial score (nSPS) is 17.4. The molecule has 0 radical (unpaired) electrons. The van der Waals surface area contributed by atoms with Gasteiger partial charge in [-0.3, -0.25) is 9.88 Å². The van der Waals surface area contributed by atoms with Gasteiger partial charge in [0.15, 0.2) is 0 Å². The summed E-state index contributed by atoms with van der Waals surface area (Å²) in [5.74, 6) is -0.190. The zero-order valence-corrected chi connectivity index (χ0v) is 6.83. The summed E-state index contributed by atoms with van der Waals surface area (Å²) < 4.78 is 13.0. The monoisotopic (exact) mass is 166 g/mol. The first kappa shape index (κ1) is 7.68. The van der Waals surface area contributed by atoms with Crippen LogP contribution < -0.4 is 0 Å². The highest BCUT2D eigenvalue weighted by Crippen LogP contribution is 2.13. The average molecular weight is 166 g/mol. The van der Waals surface area contributed by atoms with Gasteiger partial charge in [-0.05, 0) is 25.6 Å². The third-order valence-electron chi connectivity index (χ3n) is 2.20. The zero-order chi connectivity index (χ0) is 8.39. The molecular formula is C9H11FN2. The van der Waals surface area contributed by atoms with E-state index in [1.807, 2.05) is 0 Å². The number of aromatic nitrogens is 1. The van der Waals surface area contributed by atoms with Gasteiger partial charge < -0.3 is 0 Å². The maximum Gasteiger partial charge on any atom is 0.145 e. The predicted molar refractivity (Wildman–Crippen MR) is 44.1 cm³/mol. The Hall–Kier alpha value is -0.960. The number of halogens is 1. The van der Waals surface area contributed by atoms with Gasteiger partial charge in [0.1, 0.15) is 5.82 Å². The third kappa shape index (κ3) is 1.46. The number of likely N-dealkylation sites (tertiary alicyclic amines) is 1. The van der Waals surface area contributed by atoms with Crippen molar-refractivity contribution in [2.45, 2.75) is 13.0 Å². The van der Waals surface area contributed by atoms with Crippen LogP contribution in [0.25, 0.3) is 0 Å². The Kier molecular flexibility index (Phi) is 2.04. The van der Waals surface area contributed by atoms with Crippen molar-refractivity contribution < 1.29 is 4.39 Å². The molecule has 12 heavy (non-hydrogen) atoms. The van der Waals surface area contributed by atoms with E-state index >= 15 is 0 Å². The van der Waals surface area contributed by atoms with Crippen molar-refractivity contribution in [2.75, 3.05) is 13.1 Å². The summed E-state index contributed by atoms with van der Waals surface area (Å²) >= 11 is 0. The molecule has 0 atom stereocenters. The van der Waals surface area contributed by atoms with E-state index in [2.05, 4.69) is 9.88 Å². The van der Waals surface area contributed by atoms with E-state index in [4.69, 9.17) is 0 Å². The van der Waals surface area contributed by atoms with Gasteiger partial charge in [-0.2, -0.15) is 0 Å². The first-order valence-electron chi connectivity index (χ1n) is 4.17. The number of rotatable bonds is 2. The molecule has 0 saturated carbocycles. The van der Waals surface area contributed by atoms with Gasteiger partial charge in [0.2, 0.25) is 0 Å². The lowest BCUT2D eigenvalue weighted by Gasteiger charge is -2.30. The van der Waals surface area contributed by atoms with Crippen LogP contribution in [-0.2, 0) is 6.54 Å². The molecular weight excluding hydrogens is 155 g/mol. The standard InChI is InChI=1S/C9H11FN2/c10-9-6-11-3-2-8(9)7-12-4-1-5-12/h2-3,6H,1,4-5,7H2. The first-order chi connectivity index (χ1) is 5.86. The summed E-state index contributed by atoms with van der Waals surface area (Å²) in [4.78, 5) is 5.92. The van der Waals surface area contributed by atoms with E-state index in [1.54, 1.807) is 12.3 Å². The second-order valence-corrected chi connectivity index (χ2v) is 3.10. The minimum atomic E-state index is -0.190. The van der Waals surface area contributed by atoms with Gasteiger partial charge in [-0.1, -0.05) is 0 Å². The van der Waals surface area contributed by atoms with Gasteiger partial charge in [-0.15, -0.1) is 0 Å². The van der Waals surface area contributed by atoms with E-state index in [1.165, 1.54) is 12.6 Å². The summed E-state index contributed by atoms with van der Waals surface area (Å²) in [5.41, 5.74) is 0.754. The zero-order valence-electron chi connectivity index (χ0n) is 6.83. The SMILES string of the molecule is Fc1cnccc1CN1CCC1. The Balaban J connectivity index is 2.06. The summed E-state index contributed by atoms with van der Waals surface area (Å²) in [6.45, 7) is 2.93. The summed E-state index contributed by atoms with van der Waals surface area (Å²) in [6.07, 6.45) is 4.15. The van der Waals surface area contributed by atoms with Crippen molar-refractivity contribution >= 4 is 0 Å². The van der Waals surface area contributed by atoms with E-state index < -0.39 is 0 Å². The molecule has 2 heterocycles. The van der Waals surface area contributed by atoms with Crippen LogP contribution in [0.1, 0.15) is 12.0 Å². The fraction of sp³-hybridized carbons (Fsp3) is 0.444. The van der Waals surface area contributed by atoms with Crippen LogP contribution in [0.3, 0.4) is 0 Å². The lowest BCUT2D eigenvalue weighted by atomic mass is 10.1. The topological polar surface area (TPSA) is 16.1 Å². The number of hydrogen-bond acceptors (Lipinski definition) is 2. The highest BCUT2D eigenvalue weighted by atomic mass is 19.1. The first-order valence-corrected chi connectivity index (χ1v) is 4.17. The molecule has 0 unspecified atom stereocenters. The third-order valence-corrected chi connectivity index (χ3v) is 2.20. The molecule has 1 aliphatic heterocycles. The maximum absolute atomic E-state index is 13.0. The van der Waals surface area contributed by atoms with Crippen LogP contribution in [0.15, 0.2) is 18.5 Å². The highest BCUT2D eigenvalue weighted by Gasteiger charge is 2.15. The molecule has 0 aliphatic carbocycles. The van der Waals surface area contributed by atoms with Crippen LogP contribution >= 0.6 is 0 Å². The fourth-order valence-corrected chi connectivity index (χ4v) is 1.31. The fourth-order valence-electron chi connectivity index (χ4n) is 1.31. The second-order valence-electron chi connectivity index (χ2n) is 3.10.